The molecule has 0 aromatic heterocycles. The first kappa shape index (κ1) is 15.8. The van der Waals surface area contributed by atoms with E-state index in [0.717, 1.165) is 32.1 Å². The maximum absolute atomic E-state index is 11.5. The van der Waals surface area contributed by atoms with Gasteiger partial charge in [-0.3, -0.25) is 0 Å². The first-order valence-electron chi connectivity index (χ1n) is 7.06. The molecule has 21 heavy (non-hydrogen) atoms. The van der Waals surface area contributed by atoms with Gasteiger partial charge in [-0.15, -0.1) is 0 Å². The summed E-state index contributed by atoms with van der Waals surface area (Å²) in [5, 5.41) is 14.1. The lowest BCUT2D eigenvalue weighted by Crippen LogP contribution is -2.40. The van der Waals surface area contributed by atoms with Crippen LogP contribution in [-0.2, 0) is 10.0 Å². The summed E-state index contributed by atoms with van der Waals surface area (Å²) in [4.78, 5) is 0. The van der Waals surface area contributed by atoms with Gasteiger partial charge in [0.15, 0.2) is 0 Å². The molecule has 0 aliphatic heterocycles. The molecule has 0 unspecified atom stereocenters. The van der Waals surface area contributed by atoms with Gasteiger partial charge < -0.3 is 4.74 Å². The highest BCUT2D eigenvalue weighted by atomic mass is 32.2. The second-order valence-corrected chi connectivity index (χ2v) is 7.41. The van der Waals surface area contributed by atoms with E-state index in [1.807, 2.05) is 0 Å². The van der Waals surface area contributed by atoms with Gasteiger partial charge in [0, 0.05) is 5.41 Å². The van der Waals surface area contributed by atoms with E-state index in [9.17, 15) is 8.42 Å². The van der Waals surface area contributed by atoms with Crippen molar-refractivity contribution in [2.24, 2.45) is 10.6 Å². The quantitative estimate of drug-likeness (QED) is 0.902. The van der Waals surface area contributed by atoms with Gasteiger partial charge >= 0.3 is 0 Å². The largest absolute Gasteiger partial charge is 0.493 e. The standard InChI is InChI=1S/C15H20N2O3S/c16-10-13-5-4-6-14(9-13)20-11-15(12-21(17,18)19)7-2-1-3-8-15/h4-6,9H,1-3,7-8,11-12H2,(H2,17,18,19). The number of hydrogen-bond donors (Lipinski definition) is 1. The van der Waals surface area contributed by atoms with E-state index in [1.165, 1.54) is 0 Å². The minimum Gasteiger partial charge on any atom is -0.493 e. The predicted molar refractivity (Wildman–Crippen MR) is 80.1 cm³/mol. The average molecular weight is 308 g/mol. The Morgan fingerprint density at radius 1 is 1.29 bits per heavy atom. The van der Waals surface area contributed by atoms with Crippen LogP contribution in [0.3, 0.4) is 0 Å². The third-order valence-electron chi connectivity index (χ3n) is 3.93. The van der Waals surface area contributed by atoms with Crippen LogP contribution in [0.2, 0.25) is 0 Å². The van der Waals surface area contributed by atoms with Crippen LogP contribution in [0.4, 0.5) is 0 Å². The molecular formula is C15H20N2O3S. The Hall–Kier alpha value is -1.58. The Bertz CT molecular complexity index is 629. The van der Waals surface area contributed by atoms with Gasteiger partial charge in [-0.25, -0.2) is 13.6 Å². The van der Waals surface area contributed by atoms with Gasteiger partial charge in [0.1, 0.15) is 5.75 Å². The molecule has 6 heteroatoms. The summed E-state index contributed by atoms with van der Waals surface area (Å²) < 4.78 is 28.8. The molecule has 1 aromatic carbocycles. The summed E-state index contributed by atoms with van der Waals surface area (Å²) in [6, 6.07) is 8.94. The molecule has 0 radical (unpaired) electrons. The second-order valence-electron chi connectivity index (χ2n) is 5.80. The lowest BCUT2D eigenvalue weighted by atomic mass is 9.76. The number of nitrogens with two attached hydrogens (primary N) is 1. The summed E-state index contributed by atoms with van der Waals surface area (Å²) in [7, 11) is -3.53. The number of ether oxygens (including phenoxy) is 1. The second kappa shape index (κ2) is 6.46. The van der Waals surface area contributed by atoms with Gasteiger partial charge in [0.05, 0.1) is 24.0 Å². The number of sulfonamides is 1. The fraction of sp³-hybridized carbons (Fsp3) is 0.533. The first-order valence-corrected chi connectivity index (χ1v) is 8.78. The van der Waals surface area contributed by atoms with Crippen LogP contribution in [-0.4, -0.2) is 20.8 Å². The minimum atomic E-state index is -3.53. The predicted octanol–water partition coefficient (Wildman–Crippen LogP) is 2.18. The van der Waals surface area contributed by atoms with Gasteiger partial charge in [0.2, 0.25) is 10.0 Å². The molecule has 2 rings (SSSR count). The van der Waals surface area contributed by atoms with Crippen molar-refractivity contribution < 1.29 is 13.2 Å². The highest BCUT2D eigenvalue weighted by molar-refractivity contribution is 7.89. The van der Waals surface area contributed by atoms with Crippen LogP contribution in [0.15, 0.2) is 24.3 Å². The Labute approximate surface area is 125 Å². The number of nitriles is 1. The van der Waals surface area contributed by atoms with E-state index in [-0.39, 0.29) is 5.75 Å². The Kier molecular flexibility index (Phi) is 4.86. The van der Waals surface area contributed by atoms with Crippen molar-refractivity contribution in [2.45, 2.75) is 32.1 Å². The molecule has 0 saturated heterocycles. The number of primary sulfonamides is 1. The molecule has 1 saturated carbocycles. The fourth-order valence-electron chi connectivity index (χ4n) is 2.95. The van der Waals surface area contributed by atoms with Crippen molar-refractivity contribution in [3.8, 4) is 11.8 Å². The molecule has 1 aliphatic rings. The smallest absolute Gasteiger partial charge is 0.209 e. The van der Waals surface area contributed by atoms with E-state index < -0.39 is 15.4 Å². The van der Waals surface area contributed by atoms with Gasteiger partial charge in [-0.1, -0.05) is 25.3 Å². The van der Waals surface area contributed by atoms with Crippen molar-refractivity contribution >= 4 is 10.0 Å². The molecular weight excluding hydrogens is 288 g/mol. The summed E-state index contributed by atoms with van der Waals surface area (Å²) in [6.07, 6.45) is 4.73. The fourth-order valence-corrected chi connectivity index (χ4v) is 4.18. The first-order chi connectivity index (χ1) is 9.92. The summed E-state index contributed by atoms with van der Waals surface area (Å²) in [5.41, 5.74) is 0.116. The van der Waals surface area contributed by atoms with Crippen molar-refractivity contribution in [1.82, 2.24) is 0 Å². The van der Waals surface area contributed by atoms with Gasteiger partial charge in [-0.2, -0.15) is 5.26 Å². The zero-order valence-electron chi connectivity index (χ0n) is 11.9. The van der Waals surface area contributed by atoms with E-state index in [0.29, 0.717) is 17.9 Å². The molecule has 5 nitrogen and oxygen atoms in total. The lowest BCUT2D eigenvalue weighted by molar-refractivity contribution is 0.118. The van der Waals surface area contributed by atoms with Crippen LogP contribution < -0.4 is 9.88 Å². The normalized spacial score (nSPS) is 17.9. The SMILES string of the molecule is N#Cc1cccc(OCC2(CS(N)(=O)=O)CCCCC2)c1. The van der Waals surface area contributed by atoms with Crippen molar-refractivity contribution in [3.63, 3.8) is 0 Å². The van der Waals surface area contributed by atoms with Crippen molar-refractivity contribution in [2.75, 3.05) is 12.4 Å². The average Bonchev–Trinajstić information content (AvgIpc) is 2.45. The number of benzene rings is 1. The molecule has 0 heterocycles. The molecule has 114 valence electrons. The van der Waals surface area contributed by atoms with Crippen molar-refractivity contribution in [1.29, 1.82) is 5.26 Å². The molecule has 0 spiro atoms. The van der Waals surface area contributed by atoms with Crippen LogP contribution in [0.25, 0.3) is 0 Å². The number of nitrogens with zero attached hydrogens (tertiary/aromatic N) is 1. The lowest BCUT2D eigenvalue weighted by Gasteiger charge is -2.36. The van der Waals surface area contributed by atoms with Gasteiger partial charge in [-0.05, 0) is 31.0 Å². The molecule has 1 aromatic rings. The number of rotatable bonds is 5. The minimum absolute atomic E-state index is 0.0437. The third-order valence-corrected chi connectivity index (χ3v) is 4.94. The Morgan fingerprint density at radius 2 is 2.00 bits per heavy atom. The highest BCUT2D eigenvalue weighted by Gasteiger charge is 2.36. The zero-order chi connectivity index (χ0) is 15.3. The van der Waals surface area contributed by atoms with Gasteiger partial charge in [0.25, 0.3) is 0 Å². The molecule has 0 atom stereocenters. The van der Waals surface area contributed by atoms with Crippen molar-refractivity contribution in [3.05, 3.63) is 29.8 Å². The Balaban J connectivity index is 2.10. The maximum Gasteiger partial charge on any atom is 0.209 e. The maximum atomic E-state index is 11.5. The summed E-state index contributed by atoms with van der Waals surface area (Å²) in [5.74, 6) is 0.547. The number of hydrogen-bond acceptors (Lipinski definition) is 4. The Morgan fingerprint density at radius 3 is 2.62 bits per heavy atom. The topological polar surface area (TPSA) is 93.2 Å². The molecule has 1 fully saturated rings. The monoisotopic (exact) mass is 308 g/mol. The van der Waals surface area contributed by atoms with E-state index in [2.05, 4.69) is 6.07 Å². The zero-order valence-corrected chi connectivity index (χ0v) is 12.7. The van der Waals surface area contributed by atoms with Crippen LogP contribution in [0.1, 0.15) is 37.7 Å². The van der Waals surface area contributed by atoms with Crippen LogP contribution in [0, 0.1) is 16.7 Å². The molecule has 0 bridgehead atoms. The molecule has 0 amide bonds. The third kappa shape index (κ3) is 4.73. The van der Waals surface area contributed by atoms with Crippen LogP contribution in [0.5, 0.6) is 5.75 Å². The summed E-state index contributed by atoms with van der Waals surface area (Å²) in [6.45, 7) is 0.318. The van der Waals surface area contributed by atoms with E-state index in [1.54, 1.807) is 24.3 Å². The van der Waals surface area contributed by atoms with E-state index in [4.69, 9.17) is 15.1 Å². The van der Waals surface area contributed by atoms with E-state index >= 15 is 0 Å². The molecule has 2 N–H and O–H groups in total. The highest BCUT2D eigenvalue weighted by Crippen LogP contribution is 2.37. The summed E-state index contributed by atoms with van der Waals surface area (Å²) >= 11 is 0. The van der Waals surface area contributed by atoms with Crippen LogP contribution >= 0.6 is 0 Å². The molecule has 1 aliphatic carbocycles.